The number of piperazine rings is 1. The predicted octanol–water partition coefficient (Wildman–Crippen LogP) is 3.21. The van der Waals surface area contributed by atoms with Gasteiger partial charge in [-0.25, -0.2) is 4.98 Å². The number of nitrogens with zero attached hydrogens (tertiary/aromatic N) is 3. The van der Waals surface area contributed by atoms with Gasteiger partial charge < -0.3 is 20.3 Å². The number of hydrogen-bond acceptors (Lipinski definition) is 6. The van der Waals surface area contributed by atoms with Crippen molar-refractivity contribution in [1.29, 1.82) is 0 Å². The molecule has 2 aromatic rings. The van der Waals surface area contributed by atoms with E-state index < -0.39 is 6.10 Å². The molecule has 1 aromatic heterocycles. The molecule has 0 unspecified atom stereocenters. The van der Waals surface area contributed by atoms with Gasteiger partial charge in [0.05, 0.1) is 17.1 Å². The Morgan fingerprint density at radius 2 is 1.97 bits per heavy atom. The summed E-state index contributed by atoms with van der Waals surface area (Å²) in [5, 5.41) is 5.65. The van der Waals surface area contributed by atoms with Crippen LogP contribution >= 0.6 is 0 Å². The minimum Gasteiger partial charge on any atom is -0.478 e. The molecule has 4 rings (SSSR count). The molecular formula is C26H35N5O3. The Labute approximate surface area is 201 Å². The Bertz CT molecular complexity index is 1050. The van der Waals surface area contributed by atoms with Crippen LogP contribution in [0.1, 0.15) is 48.4 Å². The van der Waals surface area contributed by atoms with Gasteiger partial charge in [0.2, 0.25) is 0 Å². The van der Waals surface area contributed by atoms with Crippen LogP contribution in [0, 0.1) is 12.8 Å². The zero-order chi connectivity index (χ0) is 24.2. The molecule has 182 valence electrons. The molecule has 34 heavy (non-hydrogen) atoms. The molecular weight excluding hydrogens is 430 g/mol. The number of aryl methyl sites for hydroxylation is 1. The minimum atomic E-state index is -0.405. The van der Waals surface area contributed by atoms with E-state index in [0.717, 1.165) is 73.9 Å². The van der Waals surface area contributed by atoms with E-state index in [1.54, 1.807) is 13.1 Å². The van der Waals surface area contributed by atoms with E-state index in [2.05, 4.69) is 45.3 Å². The van der Waals surface area contributed by atoms with Gasteiger partial charge in [-0.2, -0.15) is 0 Å². The summed E-state index contributed by atoms with van der Waals surface area (Å²) in [5.74, 6) is 1.08. The van der Waals surface area contributed by atoms with E-state index in [-0.39, 0.29) is 11.8 Å². The molecule has 1 atom stereocenters. The van der Waals surface area contributed by atoms with Crippen molar-refractivity contribution >= 4 is 23.2 Å². The summed E-state index contributed by atoms with van der Waals surface area (Å²) in [7, 11) is 1.61. The lowest BCUT2D eigenvalue weighted by Gasteiger charge is -2.36. The fraction of sp³-hybridized carbons (Fsp3) is 0.500. The lowest BCUT2D eigenvalue weighted by Crippen LogP contribution is -2.46. The van der Waals surface area contributed by atoms with E-state index in [1.165, 1.54) is 0 Å². The Morgan fingerprint density at radius 1 is 1.21 bits per heavy atom. The van der Waals surface area contributed by atoms with Gasteiger partial charge in [0, 0.05) is 39.8 Å². The summed E-state index contributed by atoms with van der Waals surface area (Å²) in [6.45, 7) is 10.7. The van der Waals surface area contributed by atoms with Crippen molar-refractivity contribution in [3.05, 3.63) is 47.3 Å². The molecule has 0 aliphatic carbocycles. The van der Waals surface area contributed by atoms with Crippen molar-refractivity contribution in [2.24, 2.45) is 5.92 Å². The van der Waals surface area contributed by atoms with Crippen LogP contribution in [0.2, 0.25) is 0 Å². The predicted molar refractivity (Wildman–Crippen MR) is 133 cm³/mol. The monoisotopic (exact) mass is 465 g/mol. The number of carbonyl (C=O) groups is 2. The van der Waals surface area contributed by atoms with Gasteiger partial charge in [0.15, 0.2) is 6.10 Å². The van der Waals surface area contributed by atoms with Crippen LogP contribution < -0.4 is 20.3 Å². The topological polar surface area (TPSA) is 86.8 Å². The van der Waals surface area contributed by atoms with Gasteiger partial charge in [-0.15, -0.1) is 0 Å². The molecule has 1 aromatic carbocycles. The third-order valence-electron chi connectivity index (χ3n) is 6.51. The van der Waals surface area contributed by atoms with E-state index in [9.17, 15) is 9.59 Å². The van der Waals surface area contributed by atoms with Crippen molar-refractivity contribution in [2.45, 2.75) is 46.3 Å². The molecule has 2 amide bonds. The summed E-state index contributed by atoms with van der Waals surface area (Å²) < 4.78 is 5.98. The molecule has 3 heterocycles. The molecule has 8 heteroatoms. The Hall–Kier alpha value is -3.13. The summed E-state index contributed by atoms with van der Waals surface area (Å²) in [5.41, 5.74) is 4.31. The van der Waals surface area contributed by atoms with Gasteiger partial charge in [0.25, 0.3) is 11.8 Å². The molecule has 2 N–H and O–H groups in total. The second kappa shape index (κ2) is 10.4. The number of rotatable bonds is 7. The number of aromatic nitrogens is 1. The van der Waals surface area contributed by atoms with Crippen LogP contribution in [0.4, 0.5) is 11.4 Å². The van der Waals surface area contributed by atoms with Crippen LogP contribution in [0.25, 0.3) is 0 Å². The first kappa shape index (κ1) is 24.0. The molecule has 0 spiro atoms. The largest absolute Gasteiger partial charge is 0.478 e. The third kappa shape index (κ3) is 5.50. The summed E-state index contributed by atoms with van der Waals surface area (Å²) in [4.78, 5) is 33.5. The number of amides is 2. The van der Waals surface area contributed by atoms with Crippen molar-refractivity contribution in [1.82, 2.24) is 15.2 Å². The highest BCUT2D eigenvalue weighted by Gasteiger charge is 2.28. The lowest BCUT2D eigenvalue weighted by atomic mass is 10.0. The van der Waals surface area contributed by atoms with Crippen molar-refractivity contribution in [3.63, 3.8) is 0 Å². The second-order valence-electron chi connectivity index (χ2n) is 9.54. The molecule has 2 aliphatic heterocycles. The number of anilines is 2. The molecule has 2 aliphatic rings. The minimum absolute atomic E-state index is 0.0506. The average Bonchev–Trinajstić information content (AvgIpc) is 2.82. The van der Waals surface area contributed by atoms with E-state index >= 15 is 0 Å². The Kier molecular flexibility index (Phi) is 7.36. The summed E-state index contributed by atoms with van der Waals surface area (Å²) >= 11 is 0. The zero-order valence-electron chi connectivity index (χ0n) is 20.6. The first-order valence-corrected chi connectivity index (χ1v) is 12.1. The molecule has 8 nitrogen and oxygen atoms in total. The van der Waals surface area contributed by atoms with Crippen molar-refractivity contribution < 1.29 is 14.3 Å². The number of benzene rings is 1. The highest BCUT2D eigenvalue weighted by molar-refractivity contribution is 5.97. The fourth-order valence-corrected chi connectivity index (χ4v) is 4.52. The molecule has 0 saturated carbocycles. The maximum atomic E-state index is 12.5. The Morgan fingerprint density at radius 3 is 2.65 bits per heavy atom. The number of nitrogens with one attached hydrogen (secondary N) is 2. The smallest absolute Gasteiger partial charge is 0.269 e. The fourth-order valence-electron chi connectivity index (χ4n) is 4.52. The first-order chi connectivity index (χ1) is 16.3. The maximum absolute atomic E-state index is 12.5. The lowest BCUT2D eigenvalue weighted by molar-refractivity contribution is -0.123. The molecule has 0 radical (unpaired) electrons. The van der Waals surface area contributed by atoms with Crippen molar-refractivity contribution in [2.75, 3.05) is 43.4 Å². The number of pyridine rings is 1. The summed E-state index contributed by atoms with van der Waals surface area (Å²) in [6.07, 6.45) is 1.29. The standard InChI is InChI=1S/C26H35N5O3/c1-17(2)5-9-24-26(33)29-21-15-19(6-10-23(21)34-24)16-30-11-13-31(14-12-30)22-8-7-20(25(32)27-4)28-18(22)3/h6-8,10,15,17,24H,5,9,11-14,16H2,1-4H3,(H,27,32)(H,29,33)/t24-/m0/s1. The van der Waals surface area contributed by atoms with Gasteiger partial charge in [-0.3, -0.25) is 14.5 Å². The highest BCUT2D eigenvalue weighted by Crippen LogP contribution is 2.32. The van der Waals surface area contributed by atoms with Gasteiger partial charge in [-0.1, -0.05) is 19.9 Å². The third-order valence-corrected chi connectivity index (χ3v) is 6.51. The van der Waals surface area contributed by atoms with Gasteiger partial charge >= 0.3 is 0 Å². The second-order valence-corrected chi connectivity index (χ2v) is 9.54. The first-order valence-electron chi connectivity index (χ1n) is 12.1. The van der Waals surface area contributed by atoms with Gasteiger partial charge in [-0.05, 0) is 55.5 Å². The zero-order valence-corrected chi connectivity index (χ0v) is 20.6. The number of hydrogen-bond donors (Lipinski definition) is 2. The quantitative estimate of drug-likeness (QED) is 0.653. The van der Waals surface area contributed by atoms with Gasteiger partial charge in [0.1, 0.15) is 11.4 Å². The SMILES string of the molecule is CNC(=O)c1ccc(N2CCN(Cc3ccc4c(c3)NC(=O)[C@H](CCC(C)C)O4)CC2)c(C)n1. The van der Waals surface area contributed by atoms with Crippen LogP contribution in [-0.2, 0) is 11.3 Å². The number of carbonyl (C=O) groups excluding carboxylic acids is 2. The van der Waals surface area contributed by atoms with E-state index in [0.29, 0.717) is 11.6 Å². The maximum Gasteiger partial charge on any atom is 0.269 e. The molecule has 0 bridgehead atoms. The van der Waals surface area contributed by atoms with E-state index in [4.69, 9.17) is 4.74 Å². The van der Waals surface area contributed by atoms with Crippen LogP contribution in [0.5, 0.6) is 5.75 Å². The highest BCUT2D eigenvalue weighted by atomic mass is 16.5. The summed E-state index contributed by atoms with van der Waals surface area (Å²) in [6, 6.07) is 9.87. The van der Waals surface area contributed by atoms with Crippen LogP contribution in [-0.4, -0.2) is 61.0 Å². The normalized spacial score (nSPS) is 18.3. The average molecular weight is 466 g/mol. The van der Waals surface area contributed by atoms with E-state index in [1.807, 2.05) is 25.1 Å². The van der Waals surface area contributed by atoms with Crippen LogP contribution in [0.3, 0.4) is 0 Å². The number of ether oxygens (including phenoxy) is 1. The Balaban J connectivity index is 1.33. The van der Waals surface area contributed by atoms with Crippen molar-refractivity contribution in [3.8, 4) is 5.75 Å². The molecule has 1 saturated heterocycles. The van der Waals surface area contributed by atoms with Crippen LogP contribution in [0.15, 0.2) is 30.3 Å². The molecule has 1 fully saturated rings. The number of fused-ring (bicyclic) bond motifs is 1.